The molecule has 0 aromatic carbocycles. The number of nitrogens with one attached hydrogen (secondary N) is 1. The molecule has 6 heteroatoms. The predicted molar refractivity (Wildman–Crippen MR) is 73.7 cm³/mol. The quantitative estimate of drug-likeness (QED) is 0.834. The van der Waals surface area contributed by atoms with Gasteiger partial charge in [0.25, 0.3) is 5.56 Å². The molecular formula is C12H18BrN3O2. The van der Waals surface area contributed by atoms with Gasteiger partial charge in [-0.3, -0.25) is 4.79 Å². The van der Waals surface area contributed by atoms with E-state index < -0.39 is 0 Å². The molecule has 100 valence electrons. The molecular weight excluding hydrogens is 298 g/mol. The number of aliphatic hydroxyl groups excluding tert-OH is 1. The highest BCUT2D eigenvalue weighted by Gasteiger charge is 2.27. The molecule has 18 heavy (non-hydrogen) atoms. The molecule has 0 radical (unpaired) electrons. The minimum Gasteiger partial charge on any atom is -0.394 e. The number of hydrogen-bond donors (Lipinski definition) is 2. The lowest BCUT2D eigenvalue weighted by molar-refractivity contribution is 0.266. The molecule has 1 atom stereocenters. The van der Waals surface area contributed by atoms with Crippen molar-refractivity contribution in [1.82, 2.24) is 9.78 Å². The molecule has 1 saturated carbocycles. The van der Waals surface area contributed by atoms with E-state index in [2.05, 4.69) is 33.3 Å². The smallest absolute Gasteiger partial charge is 0.283 e. The summed E-state index contributed by atoms with van der Waals surface area (Å²) in [4.78, 5) is 11.9. The largest absolute Gasteiger partial charge is 0.394 e. The molecule has 2 N–H and O–H groups in total. The number of aliphatic hydroxyl groups is 1. The van der Waals surface area contributed by atoms with Gasteiger partial charge < -0.3 is 10.4 Å². The number of hydrogen-bond acceptors (Lipinski definition) is 4. The minimum atomic E-state index is -0.215. The van der Waals surface area contributed by atoms with Crippen LogP contribution in [0, 0.1) is 11.8 Å². The van der Waals surface area contributed by atoms with Crippen molar-refractivity contribution in [2.24, 2.45) is 11.8 Å². The van der Waals surface area contributed by atoms with E-state index >= 15 is 0 Å². The zero-order chi connectivity index (χ0) is 13.1. The van der Waals surface area contributed by atoms with E-state index in [9.17, 15) is 4.79 Å². The van der Waals surface area contributed by atoms with Crippen LogP contribution in [-0.4, -0.2) is 28.0 Å². The molecule has 5 nitrogen and oxygen atoms in total. The molecule has 0 amide bonds. The second-order valence-corrected chi connectivity index (χ2v) is 5.61. The van der Waals surface area contributed by atoms with E-state index in [-0.39, 0.29) is 18.7 Å². The van der Waals surface area contributed by atoms with E-state index in [0.29, 0.717) is 10.4 Å². The summed E-state index contributed by atoms with van der Waals surface area (Å²) in [6.07, 6.45) is 4.27. The standard InChI is InChI=1S/C12H18BrN3O2/c1-8(9-2-3-9)6-14-10-7-15-16(4-5-17)12(18)11(10)13/h7-9,14,17H,2-6H2,1H3. The molecule has 0 bridgehead atoms. The highest BCUT2D eigenvalue weighted by molar-refractivity contribution is 9.10. The summed E-state index contributed by atoms with van der Waals surface area (Å²) >= 11 is 3.29. The SMILES string of the molecule is CC(CNc1cnn(CCO)c(=O)c1Br)C1CC1. The average Bonchev–Trinajstić information content (AvgIpc) is 3.18. The highest BCUT2D eigenvalue weighted by Crippen LogP contribution is 2.36. The van der Waals surface area contributed by atoms with Crippen LogP contribution in [0.15, 0.2) is 15.5 Å². The number of anilines is 1. The third kappa shape index (κ3) is 3.11. The first-order chi connectivity index (χ1) is 8.63. The van der Waals surface area contributed by atoms with Crippen LogP contribution in [0.1, 0.15) is 19.8 Å². The van der Waals surface area contributed by atoms with Gasteiger partial charge in [-0.1, -0.05) is 6.92 Å². The molecule has 1 aliphatic rings. The summed E-state index contributed by atoms with van der Waals surface area (Å²) in [5.74, 6) is 1.45. The van der Waals surface area contributed by atoms with Crippen molar-refractivity contribution >= 4 is 21.6 Å². The normalized spacial score (nSPS) is 16.6. The number of halogens is 1. The van der Waals surface area contributed by atoms with Gasteiger partial charge in [0.05, 0.1) is 25.0 Å². The van der Waals surface area contributed by atoms with E-state index in [1.807, 2.05) is 0 Å². The van der Waals surface area contributed by atoms with Gasteiger partial charge >= 0.3 is 0 Å². The van der Waals surface area contributed by atoms with Gasteiger partial charge in [-0.15, -0.1) is 0 Å². The van der Waals surface area contributed by atoms with Gasteiger partial charge in [0, 0.05) is 6.54 Å². The summed E-state index contributed by atoms with van der Waals surface area (Å²) in [5, 5.41) is 16.1. The molecule has 0 saturated heterocycles. The Morgan fingerprint density at radius 1 is 1.67 bits per heavy atom. The van der Waals surface area contributed by atoms with Crippen LogP contribution >= 0.6 is 15.9 Å². The van der Waals surface area contributed by atoms with E-state index in [1.165, 1.54) is 17.5 Å². The monoisotopic (exact) mass is 315 g/mol. The third-order valence-electron chi connectivity index (χ3n) is 3.34. The maximum Gasteiger partial charge on any atom is 0.283 e. The van der Waals surface area contributed by atoms with Crippen molar-refractivity contribution in [3.63, 3.8) is 0 Å². The minimum absolute atomic E-state index is 0.0924. The Balaban J connectivity index is 2.04. The van der Waals surface area contributed by atoms with Crippen molar-refractivity contribution < 1.29 is 5.11 Å². The zero-order valence-corrected chi connectivity index (χ0v) is 12.0. The Morgan fingerprint density at radius 3 is 3.00 bits per heavy atom. The van der Waals surface area contributed by atoms with Gasteiger partial charge in [0.1, 0.15) is 4.47 Å². The van der Waals surface area contributed by atoms with Crippen LogP contribution in [0.25, 0.3) is 0 Å². The molecule has 0 aliphatic heterocycles. The molecule has 1 fully saturated rings. The summed E-state index contributed by atoms with van der Waals surface area (Å²) < 4.78 is 1.73. The molecule has 1 aromatic heterocycles. The first kappa shape index (κ1) is 13.5. The first-order valence-electron chi connectivity index (χ1n) is 6.24. The highest BCUT2D eigenvalue weighted by atomic mass is 79.9. The van der Waals surface area contributed by atoms with Crippen LogP contribution in [-0.2, 0) is 6.54 Å². The molecule has 1 aromatic rings. The van der Waals surface area contributed by atoms with Crippen molar-refractivity contribution in [1.29, 1.82) is 0 Å². The number of aromatic nitrogens is 2. The number of rotatable bonds is 6. The van der Waals surface area contributed by atoms with Crippen molar-refractivity contribution in [2.75, 3.05) is 18.5 Å². The van der Waals surface area contributed by atoms with Gasteiger partial charge in [-0.25, -0.2) is 4.68 Å². The Hall–Kier alpha value is -0.880. The fraction of sp³-hybridized carbons (Fsp3) is 0.667. The fourth-order valence-electron chi connectivity index (χ4n) is 1.95. The third-order valence-corrected chi connectivity index (χ3v) is 4.10. The summed E-state index contributed by atoms with van der Waals surface area (Å²) in [7, 11) is 0. The van der Waals surface area contributed by atoms with Crippen molar-refractivity contribution in [2.45, 2.75) is 26.3 Å². The van der Waals surface area contributed by atoms with E-state index in [1.54, 1.807) is 6.20 Å². The van der Waals surface area contributed by atoms with Crippen molar-refractivity contribution in [3.05, 3.63) is 21.0 Å². The second-order valence-electron chi connectivity index (χ2n) is 4.82. The lowest BCUT2D eigenvalue weighted by Gasteiger charge is -2.14. The lowest BCUT2D eigenvalue weighted by atomic mass is 10.1. The summed E-state index contributed by atoms with van der Waals surface area (Å²) in [6.45, 7) is 3.20. The van der Waals surface area contributed by atoms with Crippen LogP contribution in [0.2, 0.25) is 0 Å². The van der Waals surface area contributed by atoms with Gasteiger partial charge in [-0.05, 0) is 40.6 Å². The summed E-state index contributed by atoms with van der Waals surface area (Å²) in [5.41, 5.74) is 0.509. The van der Waals surface area contributed by atoms with Gasteiger partial charge in [0.15, 0.2) is 0 Å². The van der Waals surface area contributed by atoms with Crippen LogP contribution < -0.4 is 10.9 Å². The molecule has 0 spiro atoms. The van der Waals surface area contributed by atoms with Crippen molar-refractivity contribution in [3.8, 4) is 0 Å². The average molecular weight is 316 g/mol. The number of nitrogens with zero attached hydrogens (tertiary/aromatic N) is 2. The second kappa shape index (κ2) is 5.84. The van der Waals surface area contributed by atoms with E-state index in [4.69, 9.17) is 5.11 Å². The Kier molecular flexibility index (Phi) is 4.40. The van der Waals surface area contributed by atoms with Crippen LogP contribution in [0.4, 0.5) is 5.69 Å². The zero-order valence-electron chi connectivity index (χ0n) is 10.4. The molecule has 1 unspecified atom stereocenters. The topological polar surface area (TPSA) is 67.2 Å². The van der Waals surface area contributed by atoms with E-state index in [0.717, 1.165) is 18.2 Å². The Bertz CT molecular complexity index is 471. The molecule has 1 aliphatic carbocycles. The summed E-state index contributed by atoms with van der Waals surface area (Å²) in [6, 6.07) is 0. The van der Waals surface area contributed by atoms with Crippen LogP contribution in [0.3, 0.4) is 0 Å². The predicted octanol–water partition coefficient (Wildman–Crippen LogP) is 1.46. The Morgan fingerprint density at radius 2 is 2.39 bits per heavy atom. The Labute approximate surface area is 114 Å². The molecule has 2 rings (SSSR count). The fourth-order valence-corrected chi connectivity index (χ4v) is 2.39. The first-order valence-corrected chi connectivity index (χ1v) is 7.03. The lowest BCUT2D eigenvalue weighted by Crippen LogP contribution is -2.26. The van der Waals surface area contributed by atoms with Crippen LogP contribution in [0.5, 0.6) is 0 Å². The maximum atomic E-state index is 11.9. The maximum absolute atomic E-state index is 11.9. The molecule has 1 heterocycles. The van der Waals surface area contributed by atoms with Gasteiger partial charge in [0.2, 0.25) is 0 Å². The van der Waals surface area contributed by atoms with Gasteiger partial charge in [-0.2, -0.15) is 5.10 Å².